The average Bonchev–Trinajstić information content (AvgIpc) is 2.94. The molecule has 0 radical (unpaired) electrons. The number of hydrogen-bond acceptors (Lipinski definition) is 2. The molecule has 22 heavy (non-hydrogen) atoms. The number of aliphatic hydroxyl groups is 1. The van der Waals surface area contributed by atoms with E-state index in [0.29, 0.717) is 10.9 Å². The summed E-state index contributed by atoms with van der Waals surface area (Å²) in [5.74, 6) is 3.81. The Morgan fingerprint density at radius 2 is 2.05 bits per heavy atom. The van der Waals surface area contributed by atoms with E-state index in [1.807, 2.05) is 18.2 Å². The van der Waals surface area contributed by atoms with E-state index in [2.05, 4.69) is 5.92 Å². The van der Waals surface area contributed by atoms with Gasteiger partial charge in [0.1, 0.15) is 0 Å². The minimum atomic E-state index is 0.240. The van der Waals surface area contributed by atoms with Gasteiger partial charge < -0.3 is 9.84 Å². The average molecular weight is 343 g/mol. The van der Waals surface area contributed by atoms with E-state index < -0.39 is 0 Å². The lowest BCUT2D eigenvalue weighted by Crippen LogP contribution is -2.14. The molecule has 0 aliphatic heterocycles. The summed E-state index contributed by atoms with van der Waals surface area (Å²) in [6, 6.07) is 5.72. The quantitative estimate of drug-likeness (QED) is 0.792. The monoisotopic (exact) mass is 342 g/mol. The highest BCUT2D eigenvalue weighted by molar-refractivity contribution is 6.35. The predicted molar refractivity (Wildman–Crippen MR) is 93.4 cm³/mol. The standard InChI is InChI=1S/C17H20Cl2O.CH4O/c1-3-13-9-12(10-17(13)20-2)5-4-6-14-7-8-15(18)11-16(14)19;1-2/h1,7-8,11-13,17H,4-6,9-10H2,2H3;2H,1H3. The van der Waals surface area contributed by atoms with E-state index in [0.717, 1.165) is 37.8 Å². The fourth-order valence-corrected chi connectivity index (χ4v) is 3.58. The molecular formula is C18H24Cl2O2. The van der Waals surface area contributed by atoms with Gasteiger partial charge in [0.2, 0.25) is 0 Å². The Kier molecular flexibility index (Phi) is 8.90. The van der Waals surface area contributed by atoms with Crippen LogP contribution >= 0.6 is 23.2 Å². The number of methoxy groups -OCH3 is 1. The second-order valence-corrected chi connectivity index (χ2v) is 6.36. The third-order valence-corrected chi connectivity index (χ3v) is 4.78. The highest BCUT2D eigenvalue weighted by atomic mass is 35.5. The van der Waals surface area contributed by atoms with Gasteiger partial charge in [-0.15, -0.1) is 12.3 Å². The van der Waals surface area contributed by atoms with Crippen molar-refractivity contribution < 1.29 is 9.84 Å². The van der Waals surface area contributed by atoms with Gasteiger partial charge in [0, 0.05) is 30.2 Å². The lowest BCUT2D eigenvalue weighted by atomic mass is 9.97. The summed E-state index contributed by atoms with van der Waals surface area (Å²) in [6.45, 7) is 0. The number of benzene rings is 1. The molecule has 1 aromatic carbocycles. The van der Waals surface area contributed by atoms with Crippen LogP contribution in [0.15, 0.2) is 18.2 Å². The first kappa shape index (κ1) is 19.3. The number of aryl methyl sites for hydroxylation is 1. The first-order chi connectivity index (χ1) is 10.6. The molecule has 1 aliphatic rings. The normalized spacial score (nSPS) is 23.5. The van der Waals surface area contributed by atoms with Gasteiger partial charge in [0.25, 0.3) is 0 Å². The Balaban J connectivity index is 0.00000116. The summed E-state index contributed by atoms with van der Waals surface area (Å²) in [4.78, 5) is 0. The molecule has 1 saturated carbocycles. The summed E-state index contributed by atoms with van der Waals surface area (Å²) < 4.78 is 5.46. The number of aliphatic hydroxyl groups excluding tert-OH is 1. The summed E-state index contributed by atoms with van der Waals surface area (Å²) in [5, 5.41) is 8.45. The van der Waals surface area contributed by atoms with Crippen LogP contribution in [0.25, 0.3) is 0 Å². The molecule has 0 amide bonds. The molecule has 2 rings (SSSR count). The van der Waals surface area contributed by atoms with Crippen molar-refractivity contribution >= 4 is 23.2 Å². The van der Waals surface area contributed by atoms with Gasteiger partial charge in [-0.1, -0.05) is 29.3 Å². The maximum atomic E-state index is 7.00. The van der Waals surface area contributed by atoms with Gasteiger partial charge >= 0.3 is 0 Å². The van der Waals surface area contributed by atoms with Crippen LogP contribution in [0.5, 0.6) is 0 Å². The molecule has 3 unspecified atom stereocenters. The number of ether oxygens (including phenoxy) is 1. The van der Waals surface area contributed by atoms with Gasteiger partial charge in [0.15, 0.2) is 0 Å². The van der Waals surface area contributed by atoms with Gasteiger partial charge in [-0.05, 0) is 55.7 Å². The molecule has 1 aromatic rings. The zero-order chi connectivity index (χ0) is 16.5. The molecule has 0 heterocycles. The van der Waals surface area contributed by atoms with E-state index in [9.17, 15) is 0 Å². The number of rotatable bonds is 5. The minimum Gasteiger partial charge on any atom is -0.400 e. The van der Waals surface area contributed by atoms with Crippen LogP contribution < -0.4 is 0 Å². The summed E-state index contributed by atoms with van der Waals surface area (Å²) >= 11 is 12.1. The highest BCUT2D eigenvalue weighted by Gasteiger charge is 2.32. The van der Waals surface area contributed by atoms with Crippen molar-refractivity contribution in [2.45, 2.75) is 38.2 Å². The van der Waals surface area contributed by atoms with E-state index in [1.54, 1.807) is 7.11 Å². The minimum absolute atomic E-state index is 0.240. The number of terminal acetylenes is 1. The van der Waals surface area contributed by atoms with Crippen LogP contribution in [-0.4, -0.2) is 25.4 Å². The number of halogens is 2. The van der Waals surface area contributed by atoms with Crippen molar-refractivity contribution in [2.75, 3.05) is 14.2 Å². The molecule has 0 aromatic heterocycles. The molecular weight excluding hydrogens is 319 g/mol. The molecule has 2 nitrogen and oxygen atoms in total. The van der Waals surface area contributed by atoms with Crippen molar-refractivity contribution in [3.63, 3.8) is 0 Å². The van der Waals surface area contributed by atoms with Crippen LogP contribution in [0.2, 0.25) is 10.0 Å². The van der Waals surface area contributed by atoms with Gasteiger partial charge in [-0.25, -0.2) is 0 Å². The van der Waals surface area contributed by atoms with E-state index in [-0.39, 0.29) is 12.0 Å². The Morgan fingerprint density at radius 3 is 2.59 bits per heavy atom. The van der Waals surface area contributed by atoms with E-state index in [1.165, 1.54) is 12.0 Å². The fraction of sp³-hybridized carbons (Fsp3) is 0.556. The molecule has 0 spiro atoms. The molecule has 0 saturated heterocycles. The third-order valence-electron chi connectivity index (χ3n) is 4.19. The maximum absolute atomic E-state index is 7.00. The van der Waals surface area contributed by atoms with Gasteiger partial charge in [0.05, 0.1) is 6.10 Å². The molecule has 4 heteroatoms. The summed E-state index contributed by atoms with van der Waals surface area (Å²) in [5.41, 5.74) is 1.17. The first-order valence-corrected chi connectivity index (χ1v) is 8.27. The van der Waals surface area contributed by atoms with Gasteiger partial charge in [-0.3, -0.25) is 0 Å². The fourth-order valence-electron chi connectivity index (χ4n) is 3.08. The van der Waals surface area contributed by atoms with Crippen LogP contribution in [-0.2, 0) is 11.2 Å². The second-order valence-electron chi connectivity index (χ2n) is 5.51. The van der Waals surface area contributed by atoms with Gasteiger partial charge in [-0.2, -0.15) is 0 Å². The van der Waals surface area contributed by atoms with Crippen LogP contribution in [0.3, 0.4) is 0 Å². The van der Waals surface area contributed by atoms with Crippen molar-refractivity contribution in [3.8, 4) is 12.3 Å². The Labute approximate surface area is 143 Å². The predicted octanol–water partition coefficient (Wildman–Crippen LogP) is 4.60. The van der Waals surface area contributed by atoms with Crippen molar-refractivity contribution in [2.24, 2.45) is 11.8 Å². The zero-order valence-electron chi connectivity index (χ0n) is 13.2. The topological polar surface area (TPSA) is 29.5 Å². The molecule has 122 valence electrons. The molecule has 1 aliphatic carbocycles. The number of hydrogen-bond donors (Lipinski definition) is 1. The third kappa shape index (κ3) is 5.48. The zero-order valence-corrected chi connectivity index (χ0v) is 14.7. The second kappa shape index (κ2) is 10.1. The maximum Gasteiger partial charge on any atom is 0.0711 e. The SMILES string of the molecule is C#CC1CC(CCCc2ccc(Cl)cc2Cl)CC1OC.CO. The Bertz CT molecular complexity index is 496. The molecule has 3 atom stereocenters. The Hall–Kier alpha value is -0.720. The molecule has 1 fully saturated rings. The molecule has 1 N–H and O–H groups in total. The summed E-state index contributed by atoms with van der Waals surface area (Å²) in [7, 11) is 2.75. The lowest BCUT2D eigenvalue weighted by molar-refractivity contribution is 0.0862. The van der Waals surface area contributed by atoms with Crippen molar-refractivity contribution in [3.05, 3.63) is 33.8 Å². The van der Waals surface area contributed by atoms with Crippen LogP contribution in [0.4, 0.5) is 0 Å². The summed E-state index contributed by atoms with van der Waals surface area (Å²) in [6.07, 6.45) is 11.3. The Morgan fingerprint density at radius 1 is 1.32 bits per heavy atom. The van der Waals surface area contributed by atoms with Crippen molar-refractivity contribution in [1.29, 1.82) is 0 Å². The largest absolute Gasteiger partial charge is 0.400 e. The first-order valence-electron chi connectivity index (χ1n) is 7.51. The smallest absolute Gasteiger partial charge is 0.0711 e. The molecule has 0 bridgehead atoms. The van der Waals surface area contributed by atoms with E-state index >= 15 is 0 Å². The van der Waals surface area contributed by atoms with Crippen molar-refractivity contribution in [1.82, 2.24) is 0 Å². The highest BCUT2D eigenvalue weighted by Crippen LogP contribution is 2.36. The van der Waals surface area contributed by atoms with Crippen LogP contribution in [0.1, 0.15) is 31.2 Å². The van der Waals surface area contributed by atoms with Crippen LogP contribution in [0, 0.1) is 24.2 Å². The van der Waals surface area contributed by atoms with E-state index in [4.69, 9.17) is 39.5 Å². The lowest BCUT2D eigenvalue weighted by Gasteiger charge is -2.11.